The molecule has 0 amide bonds. The standard InChI is InChI=1S/C9H13N.C2H6O2/c1-6-4-5-9(10)8(3)7(6)2;3-1-2-4/h4-5H,10H2,1-3H3;3-4H,1-2H2. The number of anilines is 1. The highest BCUT2D eigenvalue weighted by molar-refractivity contribution is 5.52. The molecule has 80 valence electrons. The van der Waals surface area contributed by atoms with Crippen LogP contribution in [0.5, 0.6) is 0 Å². The first-order chi connectivity index (χ1) is 6.54. The maximum Gasteiger partial charge on any atom is 0.0662 e. The summed E-state index contributed by atoms with van der Waals surface area (Å²) in [5, 5.41) is 15.2. The van der Waals surface area contributed by atoms with Gasteiger partial charge in [0, 0.05) is 5.69 Å². The van der Waals surface area contributed by atoms with Gasteiger partial charge in [-0.3, -0.25) is 0 Å². The molecule has 0 aliphatic heterocycles. The first kappa shape index (κ1) is 12.9. The number of rotatable bonds is 1. The molecule has 0 bridgehead atoms. The smallest absolute Gasteiger partial charge is 0.0662 e. The summed E-state index contributed by atoms with van der Waals surface area (Å²) in [6.07, 6.45) is 0. The molecule has 0 aliphatic carbocycles. The Morgan fingerprint density at radius 3 is 1.86 bits per heavy atom. The molecule has 4 N–H and O–H groups in total. The molecule has 0 aliphatic rings. The number of aryl methyl sites for hydroxylation is 1. The van der Waals surface area contributed by atoms with Crippen molar-refractivity contribution in [3.63, 3.8) is 0 Å². The van der Waals surface area contributed by atoms with Crippen molar-refractivity contribution in [3.05, 3.63) is 28.8 Å². The van der Waals surface area contributed by atoms with Gasteiger partial charge in [-0.2, -0.15) is 0 Å². The molecule has 1 rings (SSSR count). The highest BCUT2D eigenvalue weighted by atomic mass is 16.3. The molecule has 0 atom stereocenters. The van der Waals surface area contributed by atoms with Crippen LogP contribution in [0.15, 0.2) is 12.1 Å². The van der Waals surface area contributed by atoms with Crippen molar-refractivity contribution in [2.75, 3.05) is 18.9 Å². The van der Waals surface area contributed by atoms with Gasteiger partial charge in [-0.25, -0.2) is 0 Å². The van der Waals surface area contributed by atoms with E-state index >= 15 is 0 Å². The van der Waals surface area contributed by atoms with Gasteiger partial charge in [-0.15, -0.1) is 0 Å². The summed E-state index contributed by atoms with van der Waals surface area (Å²) in [4.78, 5) is 0. The monoisotopic (exact) mass is 197 g/mol. The second-order valence-corrected chi connectivity index (χ2v) is 3.17. The van der Waals surface area contributed by atoms with Gasteiger partial charge >= 0.3 is 0 Å². The zero-order chi connectivity index (χ0) is 11.1. The molecule has 0 unspecified atom stereocenters. The van der Waals surface area contributed by atoms with Crippen LogP contribution in [0.25, 0.3) is 0 Å². The third kappa shape index (κ3) is 3.77. The van der Waals surface area contributed by atoms with Crippen LogP contribution >= 0.6 is 0 Å². The Hall–Kier alpha value is -1.06. The van der Waals surface area contributed by atoms with E-state index in [0.717, 1.165) is 5.69 Å². The summed E-state index contributed by atoms with van der Waals surface area (Å²) in [6, 6.07) is 4.01. The number of hydrogen-bond acceptors (Lipinski definition) is 3. The molecule has 3 nitrogen and oxygen atoms in total. The van der Waals surface area contributed by atoms with E-state index in [9.17, 15) is 0 Å². The van der Waals surface area contributed by atoms with Gasteiger partial charge in [0.25, 0.3) is 0 Å². The number of aliphatic hydroxyl groups is 2. The van der Waals surface area contributed by atoms with Crippen LogP contribution in [0.2, 0.25) is 0 Å². The second kappa shape index (κ2) is 6.40. The lowest BCUT2D eigenvalue weighted by atomic mass is 10.0. The SMILES string of the molecule is Cc1ccc(N)c(C)c1C.OCCO. The van der Waals surface area contributed by atoms with E-state index < -0.39 is 0 Å². The van der Waals surface area contributed by atoms with Gasteiger partial charge < -0.3 is 15.9 Å². The Morgan fingerprint density at radius 1 is 1.00 bits per heavy atom. The average Bonchev–Trinajstić information content (AvgIpc) is 2.21. The van der Waals surface area contributed by atoms with Crippen LogP contribution in [-0.4, -0.2) is 23.4 Å². The van der Waals surface area contributed by atoms with Gasteiger partial charge in [-0.1, -0.05) is 6.07 Å². The Kier molecular flexibility index (Phi) is 5.92. The molecule has 0 fully saturated rings. The van der Waals surface area contributed by atoms with Gasteiger partial charge in [-0.05, 0) is 43.5 Å². The summed E-state index contributed by atoms with van der Waals surface area (Å²) in [5.41, 5.74) is 10.4. The lowest BCUT2D eigenvalue weighted by molar-refractivity contribution is 0.186. The third-order valence-electron chi connectivity index (χ3n) is 2.20. The molecule has 0 saturated heterocycles. The van der Waals surface area contributed by atoms with Crippen molar-refractivity contribution in [3.8, 4) is 0 Å². The highest BCUT2D eigenvalue weighted by Gasteiger charge is 1.98. The number of benzene rings is 1. The van der Waals surface area contributed by atoms with Gasteiger partial charge in [0.2, 0.25) is 0 Å². The van der Waals surface area contributed by atoms with Gasteiger partial charge in [0.1, 0.15) is 0 Å². The fourth-order valence-corrected chi connectivity index (χ4v) is 0.977. The molecule has 3 heteroatoms. The summed E-state index contributed by atoms with van der Waals surface area (Å²) in [7, 11) is 0. The van der Waals surface area contributed by atoms with Crippen molar-refractivity contribution in [1.29, 1.82) is 0 Å². The van der Waals surface area contributed by atoms with E-state index in [4.69, 9.17) is 15.9 Å². The first-order valence-electron chi connectivity index (χ1n) is 4.58. The van der Waals surface area contributed by atoms with Crippen molar-refractivity contribution >= 4 is 5.69 Å². The number of nitrogen functional groups attached to an aromatic ring is 1. The third-order valence-corrected chi connectivity index (χ3v) is 2.20. The van der Waals surface area contributed by atoms with E-state index in [1.54, 1.807) is 0 Å². The largest absolute Gasteiger partial charge is 0.399 e. The van der Waals surface area contributed by atoms with E-state index in [2.05, 4.69) is 26.8 Å². The predicted molar refractivity (Wildman–Crippen MR) is 59.2 cm³/mol. The quantitative estimate of drug-likeness (QED) is 0.592. The van der Waals surface area contributed by atoms with Crippen LogP contribution in [0.1, 0.15) is 16.7 Å². The van der Waals surface area contributed by atoms with Crippen molar-refractivity contribution in [2.45, 2.75) is 20.8 Å². The second-order valence-electron chi connectivity index (χ2n) is 3.17. The molecule has 0 radical (unpaired) electrons. The summed E-state index contributed by atoms with van der Waals surface area (Å²) in [6.45, 7) is 6.00. The summed E-state index contributed by atoms with van der Waals surface area (Å²) < 4.78 is 0. The Morgan fingerprint density at radius 2 is 1.50 bits per heavy atom. The number of aliphatic hydroxyl groups excluding tert-OH is 2. The average molecular weight is 197 g/mol. The van der Waals surface area contributed by atoms with Gasteiger partial charge in [0.15, 0.2) is 0 Å². The minimum atomic E-state index is -0.125. The maximum absolute atomic E-state index is 7.62. The summed E-state index contributed by atoms with van der Waals surface area (Å²) >= 11 is 0. The fourth-order valence-electron chi connectivity index (χ4n) is 0.977. The minimum Gasteiger partial charge on any atom is -0.399 e. The first-order valence-corrected chi connectivity index (χ1v) is 4.58. The van der Waals surface area contributed by atoms with Crippen LogP contribution < -0.4 is 5.73 Å². The zero-order valence-corrected chi connectivity index (χ0v) is 9.04. The Bertz CT molecular complexity index is 256. The number of nitrogens with two attached hydrogens (primary N) is 1. The zero-order valence-electron chi connectivity index (χ0n) is 9.04. The van der Waals surface area contributed by atoms with Crippen LogP contribution in [0, 0.1) is 20.8 Å². The van der Waals surface area contributed by atoms with Crippen molar-refractivity contribution < 1.29 is 10.2 Å². The predicted octanol–water partition coefficient (Wildman–Crippen LogP) is 1.17. The summed E-state index contributed by atoms with van der Waals surface area (Å²) in [5.74, 6) is 0. The molecular formula is C11H19NO2. The number of hydrogen-bond donors (Lipinski definition) is 3. The van der Waals surface area contributed by atoms with Crippen LogP contribution in [0.4, 0.5) is 5.69 Å². The molecule has 0 spiro atoms. The van der Waals surface area contributed by atoms with E-state index in [1.165, 1.54) is 16.7 Å². The molecule has 0 heterocycles. The molecule has 1 aromatic rings. The van der Waals surface area contributed by atoms with Crippen molar-refractivity contribution in [2.24, 2.45) is 0 Å². The molecule has 1 aromatic carbocycles. The van der Waals surface area contributed by atoms with E-state index in [0.29, 0.717) is 0 Å². The molecule has 0 saturated carbocycles. The fraction of sp³-hybridized carbons (Fsp3) is 0.455. The van der Waals surface area contributed by atoms with Gasteiger partial charge in [0.05, 0.1) is 13.2 Å². The van der Waals surface area contributed by atoms with E-state index in [-0.39, 0.29) is 13.2 Å². The minimum absolute atomic E-state index is 0.125. The molecular weight excluding hydrogens is 178 g/mol. The lowest BCUT2D eigenvalue weighted by Crippen LogP contribution is -1.93. The normalized spacial score (nSPS) is 9.21. The lowest BCUT2D eigenvalue weighted by Gasteiger charge is -2.05. The van der Waals surface area contributed by atoms with Crippen molar-refractivity contribution in [1.82, 2.24) is 0 Å². The molecule has 14 heavy (non-hydrogen) atoms. The highest BCUT2D eigenvalue weighted by Crippen LogP contribution is 2.17. The topological polar surface area (TPSA) is 66.5 Å². The van der Waals surface area contributed by atoms with Crippen LogP contribution in [0.3, 0.4) is 0 Å². The van der Waals surface area contributed by atoms with E-state index in [1.807, 2.05) is 6.07 Å². The van der Waals surface area contributed by atoms with Crippen LogP contribution in [-0.2, 0) is 0 Å². The maximum atomic E-state index is 7.62. The Labute approximate surface area is 85.2 Å². The Balaban J connectivity index is 0.000000364. The molecule has 0 aromatic heterocycles.